The molecule has 1 saturated carbocycles. The fourth-order valence-corrected chi connectivity index (χ4v) is 2.92. The van der Waals surface area contributed by atoms with Gasteiger partial charge in [-0.2, -0.15) is 0 Å². The summed E-state index contributed by atoms with van der Waals surface area (Å²) >= 11 is 3.25. The number of urea groups is 1. The van der Waals surface area contributed by atoms with Gasteiger partial charge in [0.25, 0.3) is 0 Å². The average Bonchev–Trinajstić information content (AvgIpc) is 2.88. The molecule has 7 heteroatoms. The van der Waals surface area contributed by atoms with Crippen molar-refractivity contribution in [3.8, 4) is 0 Å². The molecule has 0 aliphatic heterocycles. The number of nitrogens with one attached hydrogen (secondary N) is 2. The zero-order valence-electron chi connectivity index (χ0n) is 11.6. The summed E-state index contributed by atoms with van der Waals surface area (Å²) < 4.78 is 5.78. The second kappa shape index (κ2) is 6.91. The van der Waals surface area contributed by atoms with Gasteiger partial charge >= 0.3 is 12.0 Å². The third-order valence-electron chi connectivity index (χ3n) is 3.54. The van der Waals surface area contributed by atoms with E-state index in [0.717, 1.165) is 19.3 Å². The maximum absolute atomic E-state index is 12.0. The Kier molecular flexibility index (Phi) is 5.19. The highest BCUT2D eigenvalue weighted by atomic mass is 79.9. The summed E-state index contributed by atoms with van der Waals surface area (Å²) in [5.41, 5.74) is 0.296. The molecule has 114 valence electrons. The van der Waals surface area contributed by atoms with Crippen LogP contribution in [0.25, 0.3) is 0 Å². The van der Waals surface area contributed by atoms with Crippen LogP contribution in [0.1, 0.15) is 29.6 Å². The van der Waals surface area contributed by atoms with Crippen molar-refractivity contribution in [2.45, 2.75) is 31.4 Å². The first kappa shape index (κ1) is 15.8. The molecule has 0 radical (unpaired) electrons. The summed E-state index contributed by atoms with van der Waals surface area (Å²) in [5, 5.41) is 14.6. The van der Waals surface area contributed by atoms with Crippen molar-refractivity contribution in [3.05, 3.63) is 28.2 Å². The van der Waals surface area contributed by atoms with E-state index in [0.29, 0.717) is 4.47 Å². The highest BCUT2D eigenvalue weighted by molar-refractivity contribution is 9.10. The molecule has 3 N–H and O–H groups in total. The zero-order valence-corrected chi connectivity index (χ0v) is 13.1. The summed E-state index contributed by atoms with van der Waals surface area (Å²) in [6.07, 6.45) is 2.71. The van der Waals surface area contributed by atoms with E-state index in [4.69, 9.17) is 9.84 Å². The van der Waals surface area contributed by atoms with Crippen molar-refractivity contribution in [1.82, 2.24) is 5.32 Å². The Balaban J connectivity index is 2.02. The number of benzene rings is 1. The van der Waals surface area contributed by atoms with Crippen LogP contribution in [0.3, 0.4) is 0 Å². The van der Waals surface area contributed by atoms with Crippen molar-refractivity contribution >= 4 is 33.6 Å². The number of anilines is 1. The Hall–Kier alpha value is -1.60. The molecule has 1 aliphatic rings. The molecule has 1 aromatic carbocycles. The van der Waals surface area contributed by atoms with Crippen LogP contribution in [-0.2, 0) is 4.74 Å². The third kappa shape index (κ3) is 3.95. The van der Waals surface area contributed by atoms with E-state index in [1.165, 1.54) is 6.07 Å². The van der Waals surface area contributed by atoms with Crippen LogP contribution in [0.15, 0.2) is 22.7 Å². The molecule has 0 bridgehead atoms. The Morgan fingerprint density at radius 1 is 1.38 bits per heavy atom. The van der Waals surface area contributed by atoms with Gasteiger partial charge in [-0.1, -0.05) is 6.07 Å². The number of hydrogen-bond acceptors (Lipinski definition) is 3. The molecule has 0 saturated heterocycles. The van der Waals surface area contributed by atoms with E-state index in [1.54, 1.807) is 19.2 Å². The van der Waals surface area contributed by atoms with Crippen molar-refractivity contribution in [3.63, 3.8) is 0 Å². The zero-order chi connectivity index (χ0) is 15.4. The summed E-state index contributed by atoms with van der Waals surface area (Å²) in [4.78, 5) is 23.2. The Bertz CT molecular complexity index is 550. The van der Waals surface area contributed by atoms with Crippen molar-refractivity contribution in [2.75, 3.05) is 12.4 Å². The molecule has 6 nitrogen and oxygen atoms in total. The number of hydrogen-bond donors (Lipinski definition) is 3. The van der Waals surface area contributed by atoms with Gasteiger partial charge in [0.05, 0.1) is 17.4 Å². The minimum Gasteiger partial charge on any atom is -0.478 e. The number of rotatable bonds is 4. The molecule has 1 fully saturated rings. The lowest BCUT2D eigenvalue weighted by Gasteiger charge is -2.15. The van der Waals surface area contributed by atoms with E-state index in [2.05, 4.69) is 26.6 Å². The number of carbonyl (C=O) groups is 2. The maximum Gasteiger partial charge on any atom is 0.337 e. The summed E-state index contributed by atoms with van der Waals surface area (Å²) in [6.45, 7) is 0. The highest BCUT2D eigenvalue weighted by Crippen LogP contribution is 2.27. The van der Waals surface area contributed by atoms with Crippen LogP contribution in [0.5, 0.6) is 0 Å². The Morgan fingerprint density at radius 3 is 2.76 bits per heavy atom. The fourth-order valence-electron chi connectivity index (χ4n) is 2.45. The largest absolute Gasteiger partial charge is 0.478 e. The minimum atomic E-state index is -1.09. The molecular formula is C14H17BrN2O4. The maximum atomic E-state index is 12.0. The number of amides is 2. The van der Waals surface area contributed by atoms with Gasteiger partial charge in [0.1, 0.15) is 0 Å². The first-order valence-electron chi connectivity index (χ1n) is 6.63. The highest BCUT2D eigenvalue weighted by Gasteiger charge is 2.26. The van der Waals surface area contributed by atoms with Gasteiger partial charge in [-0.15, -0.1) is 0 Å². The SMILES string of the molecule is COC1CCC(NC(=O)Nc2c(Br)cccc2C(=O)O)C1. The van der Waals surface area contributed by atoms with Crippen molar-refractivity contribution in [1.29, 1.82) is 0 Å². The van der Waals surface area contributed by atoms with E-state index in [-0.39, 0.29) is 23.4 Å². The molecule has 2 atom stereocenters. The topological polar surface area (TPSA) is 87.7 Å². The van der Waals surface area contributed by atoms with E-state index >= 15 is 0 Å². The van der Waals surface area contributed by atoms with Crippen LogP contribution in [0.4, 0.5) is 10.5 Å². The van der Waals surface area contributed by atoms with Gasteiger partial charge < -0.3 is 20.5 Å². The van der Waals surface area contributed by atoms with E-state index < -0.39 is 12.0 Å². The predicted molar refractivity (Wildman–Crippen MR) is 81.7 cm³/mol. The molecule has 2 unspecified atom stereocenters. The van der Waals surface area contributed by atoms with Crippen LogP contribution >= 0.6 is 15.9 Å². The number of halogens is 1. The standard InChI is InChI=1S/C14H17BrN2O4/c1-21-9-6-5-8(7-9)16-14(20)17-12-10(13(18)19)3-2-4-11(12)15/h2-4,8-9H,5-7H2,1H3,(H,18,19)(H2,16,17,20). The second-order valence-electron chi connectivity index (χ2n) is 4.93. The van der Waals surface area contributed by atoms with Crippen LogP contribution in [-0.4, -0.2) is 36.4 Å². The van der Waals surface area contributed by atoms with Gasteiger partial charge in [-0.05, 0) is 47.3 Å². The second-order valence-corrected chi connectivity index (χ2v) is 5.79. The quantitative estimate of drug-likeness (QED) is 0.773. The molecule has 1 aromatic rings. The summed E-state index contributed by atoms with van der Waals surface area (Å²) in [5.74, 6) is -1.09. The van der Waals surface area contributed by atoms with Gasteiger partial charge in [-0.25, -0.2) is 9.59 Å². The number of carbonyl (C=O) groups excluding carboxylic acids is 1. The molecule has 0 spiro atoms. The van der Waals surface area contributed by atoms with Crippen LogP contribution in [0, 0.1) is 0 Å². The lowest BCUT2D eigenvalue weighted by molar-refractivity contribution is 0.0698. The summed E-state index contributed by atoms with van der Waals surface area (Å²) in [6, 6.07) is 4.37. The number of carboxylic acids is 1. The first-order chi connectivity index (χ1) is 10.0. The molecule has 2 amide bonds. The normalized spacial score (nSPS) is 21.0. The first-order valence-corrected chi connectivity index (χ1v) is 7.42. The third-order valence-corrected chi connectivity index (χ3v) is 4.20. The number of para-hydroxylation sites is 1. The Morgan fingerprint density at radius 2 is 2.14 bits per heavy atom. The lowest BCUT2D eigenvalue weighted by atomic mass is 10.2. The van der Waals surface area contributed by atoms with Gasteiger partial charge in [-0.3, -0.25) is 0 Å². The number of ether oxygens (including phenoxy) is 1. The summed E-state index contributed by atoms with van der Waals surface area (Å²) in [7, 11) is 1.66. The van der Waals surface area contributed by atoms with Gasteiger partial charge in [0.2, 0.25) is 0 Å². The monoisotopic (exact) mass is 356 g/mol. The molecule has 21 heavy (non-hydrogen) atoms. The molecule has 0 aromatic heterocycles. The van der Waals surface area contributed by atoms with E-state index in [9.17, 15) is 9.59 Å². The lowest BCUT2D eigenvalue weighted by Crippen LogP contribution is -2.37. The van der Waals surface area contributed by atoms with Crippen LogP contribution in [0.2, 0.25) is 0 Å². The van der Waals surface area contributed by atoms with Gasteiger partial charge in [0, 0.05) is 17.6 Å². The predicted octanol–water partition coefficient (Wildman–Crippen LogP) is 2.84. The Labute approximate surface area is 131 Å². The number of aromatic carboxylic acids is 1. The molecule has 1 aliphatic carbocycles. The number of carboxylic acid groups (broad SMARTS) is 1. The molecule has 0 heterocycles. The van der Waals surface area contributed by atoms with Crippen molar-refractivity contribution in [2.24, 2.45) is 0 Å². The molecule has 2 rings (SSSR count). The molecular weight excluding hydrogens is 340 g/mol. The fraction of sp³-hybridized carbons (Fsp3) is 0.429. The van der Waals surface area contributed by atoms with Crippen molar-refractivity contribution < 1.29 is 19.4 Å². The smallest absolute Gasteiger partial charge is 0.337 e. The average molecular weight is 357 g/mol. The van der Waals surface area contributed by atoms with Crippen LogP contribution < -0.4 is 10.6 Å². The van der Waals surface area contributed by atoms with E-state index in [1.807, 2.05) is 0 Å². The minimum absolute atomic E-state index is 0.0423. The number of methoxy groups -OCH3 is 1. The van der Waals surface area contributed by atoms with Gasteiger partial charge in [0.15, 0.2) is 0 Å².